The monoisotopic (exact) mass is 279 g/mol. The fourth-order valence-electron chi connectivity index (χ4n) is 3.01. The van der Waals surface area contributed by atoms with Crippen LogP contribution in [0.2, 0.25) is 0 Å². The highest BCUT2D eigenvalue weighted by atomic mass is 16.1. The van der Waals surface area contributed by atoms with E-state index in [0.717, 1.165) is 24.1 Å². The quantitative estimate of drug-likeness (QED) is 0.793. The first-order valence-electron chi connectivity index (χ1n) is 7.56. The lowest BCUT2D eigenvalue weighted by atomic mass is 10.0. The van der Waals surface area contributed by atoms with Crippen molar-refractivity contribution in [2.24, 2.45) is 0 Å². The van der Waals surface area contributed by atoms with E-state index in [9.17, 15) is 4.79 Å². The summed E-state index contributed by atoms with van der Waals surface area (Å²) in [5.41, 5.74) is 5.92. The minimum atomic E-state index is 0.189. The van der Waals surface area contributed by atoms with Gasteiger partial charge in [-0.25, -0.2) is 0 Å². The molecule has 2 aromatic carbocycles. The lowest BCUT2D eigenvalue weighted by molar-refractivity contribution is 0.100. The van der Waals surface area contributed by atoms with Crippen molar-refractivity contribution in [2.45, 2.75) is 26.2 Å². The van der Waals surface area contributed by atoms with Gasteiger partial charge in [0.05, 0.1) is 6.54 Å². The molecule has 0 bridgehead atoms. The number of carbonyl (C=O) groups is 1. The lowest BCUT2D eigenvalue weighted by Gasteiger charge is -2.19. The van der Waals surface area contributed by atoms with E-state index in [-0.39, 0.29) is 5.78 Å². The van der Waals surface area contributed by atoms with E-state index in [1.165, 1.54) is 23.1 Å². The molecule has 0 aliphatic heterocycles. The molecule has 2 aromatic rings. The Kier molecular flexibility index (Phi) is 3.78. The van der Waals surface area contributed by atoms with Crippen LogP contribution >= 0.6 is 0 Å². The molecule has 0 spiro atoms. The van der Waals surface area contributed by atoms with Gasteiger partial charge in [-0.15, -0.1) is 0 Å². The molecule has 1 aliphatic rings. The molecule has 1 aliphatic carbocycles. The van der Waals surface area contributed by atoms with Crippen LogP contribution in [0.4, 0.5) is 5.69 Å². The van der Waals surface area contributed by atoms with Gasteiger partial charge in [-0.3, -0.25) is 4.79 Å². The van der Waals surface area contributed by atoms with E-state index in [2.05, 4.69) is 31.2 Å². The second kappa shape index (κ2) is 5.72. The first-order valence-corrected chi connectivity index (χ1v) is 7.56. The molecule has 0 saturated heterocycles. The van der Waals surface area contributed by atoms with Gasteiger partial charge in [0.2, 0.25) is 0 Å². The molecule has 108 valence electrons. The van der Waals surface area contributed by atoms with Crippen molar-refractivity contribution in [3.8, 4) is 0 Å². The number of nitrogens with zero attached hydrogens (tertiary/aromatic N) is 1. The molecule has 0 atom stereocenters. The number of rotatable bonds is 4. The Hall–Kier alpha value is -2.09. The molecule has 0 amide bonds. The predicted molar refractivity (Wildman–Crippen MR) is 87.2 cm³/mol. The number of Topliss-reactive ketones (excluding diaryl/α,β-unsaturated/α-hetero) is 1. The van der Waals surface area contributed by atoms with Gasteiger partial charge in [0.1, 0.15) is 0 Å². The van der Waals surface area contributed by atoms with Gasteiger partial charge in [0, 0.05) is 18.3 Å². The van der Waals surface area contributed by atoms with E-state index in [0.29, 0.717) is 6.54 Å². The second-order valence-corrected chi connectivity index (χ2v) is 5.96. The van der Waals surface area contributed by atoms with Gasteiger partial charge in [-0.05, 0) is 61.1 Å². The Morgan fingerprint density at radius 1 is 1.10 bits per heavy atom. The van der Waals surface area contributed by atoms with E-state index < -0.39 is 0 Å². The molecule has 21 heavy (non-hydrogen) atoms. The number of hydrogen-bond acceptors (Lipinski definition) is 2. The second-order valence-electron chi connectivity index (χ2n) is 5.96. The zero-order valence-electron chi connectivity index (χ0n) is 12.7. The Balaban J connectivity index is 1.74. The first kappa shape index (κ1) is 13.9. The Bertz CT molecular complexity index is 675. The standard InChI is InChI=1S/C19H21NO/c1-14-5-3-8-18(11-14)20(2)13-19(21)17-10-9-15-6-4-7-16(15)12-17/h3,5,8-12H,4,6-7,13H2,1-2H3. The molecular formula is C19H21NO. The molecule has 0 N–H and O–H groups in total. The number of hydrogen-bond donors (Lipinski definition) is 0. The number of carbonyl (C=O) groups excluding carboxylic acids is 1. The van der Waals surface area contributed by atoms with Crippen LogP contribution < -0.4 is 4.90 Å². The van der Waals surface area contributed by atoms with Crippen molar-refractivity contribution in [2.75, 3.05) is 18.5 Å². The minimum absolute atomic E-state index is 0.189. The van der Waals surface area contributed by atoms with Crippen LogP contribution in [0.25, 0.3) is 0 Å². The maximum Gasteiger partial charge on any atom is 0.182 e. The molecule has 0 fully saturated rings. The van der Waals surface area contributed by atoms with E-state index in [1.807, 2.05) is 30.1 Å². The van der Waals surface area contributed by atoms with Gasteiger partial charge in [0.25, 0.3) is 0 Å². The number of fused-ring (bicyclic) bond motifs is 1. The number of ketones is 1. The lowest BCUT2D eigenvalue weighted by Crippen LogP contribution is -2.25. The molecule has 2 heteroatoms. The third-order valence-corrected chi connectivity index (χ3v) is 4.24. The van der Waals surface area contributed by atoms with Crippen molar-refractivity contribution in [3.63, 3.8) is 0 Å². The largest absolute Gasteiger partial charge is 0.367 e. The molecule has 0 heterocycles. The van der Waals surface area contributed by atoms with Gasteiger partial charge in [-0.2, -0.15) is 0 Å². The first-order chi connectivity index (χ1) is 10.1. The zero-order chi connectivity index (χ0) is 14.8. The number of anilines is 1. The summed E-state index contributed by atoms with van der Waals surface area (Å²) in [4.78, 5) is 14.5. The fourth-order valence-corrected chi connectivity index (χ4v) is 3.01. The number of aryl methyl sites for hydroxylation is 3. The average Bonchev–Trinajstić information content (AvgIpc) is 2.94. The predicted octanol–water partition coefficient (Wildman–Crippen LogP) is 3.80. The summed E-state index contributed by atoms with van der Waals surface area (Å²) in [6.45, 7) is 2.49. The fraction of sp³-hybridized carbons (Fsp3) is 0.316. The van der Waals surface area contributed by atoms with Crippen LogP contribution in [0.15, 0.2) is 42.5 Å². The van der Waals surface area contributed by atoms with Gasteiger partial charge in [-0.1, -0.05) is 24.3 Å². The third-order valence-electron chi connectivity index (χ3n) is 4.24. The topological polar surface area (TPSA) is 20.3 Å². The van der Waals surface area contributed by atoms with Gasteiger partial charge < -0.3 is 4.90 Å². The van der Waals surface area contributed by atoms with Crippen LogP contribution in [-0.4, -0.2) is 19.4 Å². The van der Waals surface area contributed by atoms with Crippen LogP contribution in [0.1, 0.15) is 33.5 Å². The summed E-state index contributed by atoms with van der Waals surface area (Å²) >= 11 is 0. The summed E-state index contributed by atoms with van der Waals surface area (Å²) in [5, 5.41) is 0. The molecule has 2 nitrogen and oxygen atoms in total. The summed E-state index contributed by atoms with van der Waals surface area (Å²) in [5.74, 6) is 0.189. The third kappa shape index (κ3) is 2.99. The molecule has 0 radical (unpaired) electrons. The molecule has 0 unspecified atom stereocenters. The van der Waals surface area contributed by atoms with Crippen molar-refractivity contribution < 1.29 is 4.79 Å². The van der Waals surface area contributed by atoms with Crippen molar-refractivity contribution in [1.82, 2.24) is 0 Å². The molecule has 0 aromatic heterocycles. The van der Waals surface area contributed by atoms with Gasteiger partial charge >= 0.3 is 0 Å². The van der Waals surface area contributed by atoms with Crippen LogP contribution in [-0.2, 0) is 12.8 Å². The Morgan fingerprint density at radius 2 is 1.90 bits per heavy atom. The maximum absolute atomic E-state index is 12.5. The number of likely N-dealkylation sites (N-methyl/N-ethyl adjacent to an activating group) is 1. The van der Waals surface area contributed by atoms with Crippen LogP contribution in [0.5, 0.6) is 0 Å². The normalized spacial score (nSPS) is 13.0. The van der Waals surface area contributed by atoms with E-state index >= 15 is 0 Å². The average molecular weight is 279 g/mol. The summed E-state index contributed by atoms with van der Waals surface area (Å²) in [6.07, 6.45) is 3.49. The summed E-state index contributed by atoms with van der Waals surface area (Å²) in [7, 11) is 1.97. The summed E-state index contributed by atoms with van der Waals surface area (Å²) in [6, 6.07) is 14.5. The highest BCUT2D eigenvalue weighted by Crippen LogP contribution is 2.23. The smallest absolute Gasteiger partial charge is 0.182 e. The summed E-state index contributed by atoms with van der Waals surface area (Å²) < 4.78 is 0. The van der Waals surface area contributed by atoms with Crippen LogP contribution in [0, 0.1) is 6.92 Å². The highest BCUT2D eigenvalue weighted by Gasteiger charge is 2.15. The highest BCUT2D eigenvalue weighted by molar-refractivity contribution is 5.99. The Morgan fingerprint density at radius 3 is 2.71 bits per heavy atom. The van der Waals surface area contributed by atoms with Crippen molar-refractivity contribution in [1.29, 1.82) is 0 Å². The van der Waals surface area contributed by atoms with E-state index in [4.69, 9.17) is 0 Å². The van der Waals surface area contributed by atoms with Crippen LogP contribution in [0.3, 0.4) is 0 Å². The number of benzene rings is 2. The van der Waals surface area contributed by atoms with E-state index in [1.54, 1.807) is 0 Å². The minimum Gasteiger partial charge on any atom is -0.367 e. The molecular weight excluding hydrogens is 258 g/mol. The Labute approximate surface area is 126 Å². The van der Waals surface area contributed by atoms with Crippen molar-refractivity contribution in [3.05, 3.63) is 64.7 Å². The van der Waals surface area contributed by atoms with Gasteiger partial charge in [0.15, 0.2) is 5.78 Å². The SMILES string of the molecule is Cc1cccc(N(C)CC(=O)c2ccc3c(c2)CCC3)c1. The maximum atomic E-state index is 12.5. The van der Waals surface area contributed by atoms with Crippen molar-refractivity contribution >= 4 is 11.5 Å². The molecule has 0 saturated carbocycles. The zero-order valence-corrected chi connectivity index (χ0v) is 12.7. The molecule has 3 rings (SSSR count).